The van der Waals surface area contributed by atoms with E-state index in [9.17, 15) is 4.79 Å². The average Bonchev–Trinajstić information content (AvgIpc) is 2.99. The highest BCUT2D eigenvalue weighted by Gasteiger charge is 2.10. The molecule has 1 aromatic carbocycles. The van der Waals surface area contributed by atoms with E-state index >= 15 is 0 Å². The summed E-state index contributed by atoms with van der Waals surface area (Å²) in [7, 11) is 0. The van der Waals surface area contributed by atoms with E-state index < -0.39 is 0 Å². The summed E-state index contributed by atoms with van der Waals surface area (Å²) in [6, 6.07) is 12.1. The van der Waals surface area contributed by atoms with Crippen molar-refractivity contribution >= 4 is 21.6 Å². The Balaban J connectivity index is 1.89. The lowest BCUT2D eigenvalue weighted by Crippen LogP contribution is -2.19. The molecule has 0 saturated carbocycles. The van der Waals surface area contributed by atoms with E-state index in [1.54, 1.807) is 22.2 Å². The van der Waals surface area contributed by atoms with Crippen LogP contribution in [0.2, 0.25) is 0 Å². The Bertz CT molecular complexity index is 805. The molecule has 2 heterocycles. The second-order valence-corrected chi connectivity index (χ2v) is 6.53. The Kier molecular flexibility index (Phi) is 4.68. The van der Waals surface area contributed by atoms with Crippen molar-refractivity contribution in [3.05, 3.63) is 53.1 Å². The predicted molar refractivity (Wildman–Crippen MR) is 93.5 cm³/mol. The number of hydrogen-bond acceptors (Lipinski definition) is 3. The first kappa shape index (κ1) is 15.0. The molecule has 3 rings (SSSR count). The van der Waals surface area contributed by atoms with Crippen molar-refractivity contribution in [1.29, 1.82) is 0 Å². The van der Waals surface area contributed by atoms with Crippen LogP contribution in [0.4, 0.5) is 0 Å². The van der Waals surface area contributed by atoms with E-state index in [2.05, 4.69) is 24.0 Å². The molecule has 22 heavy (non-hydrogen) atoms. The van der Waals surface area contributed by atoms with Crippen LogP contribution in [0.3, 0.4) is 0 Å². The average molecular weight is 312 g/mol. The smallest absolute Gasteiger partial charge is 0.262 e. The van der Waals surface area contributed by atoms with Gasteiger partial charge in [0.05, 0.1) is 11.7 Å². The van der Waals surface area contributed by atoms with Crippen LogP contribution in [0.25, 0.3) is 20.7 Å². The number of thiophene rings is 1. The first-order valence-electron chi connectivity index (χ1n) is 7.84. The summed E-state index contributed by atoms with van der Waals surface area (Å²) in [4.78, 5) is 19.0. The van der Waals surface area contributed by atoms with Gasteiger partial charge in [-0.25, -0.2) is 4.98 Å². The Morgan fingerprint density at radius 1 is 1.14 bits per heavy atom. The van der Waals surface area contributed by atoms with Gasteiger partial charge in [0.25, 0.3) is 5.56 Å². The van der Waals surface area contributed by atoms with Gasteiger partial charge >= 0.3 is 0 Å². The van der Waals surface area contributed by atoms with Crippen LogP contribution in [0.5, 0.6) is 0 Å². The molecule has 0 radical (unpaired) electrons. The number of benzene rings is 1. The highest BCUT2D eigenvalue weighted by atomic mass is 32.1. The number of fused-ring (bicyclic) bond motifs is 1. The molecule has 0 spiro atoms. The van der Waals surface area contributed by atoms with Crippen molar-refractivity contribution in [2.45, 2.75) is 39.2 Å². The molecule has 114 valence electrons. The van der Waals surface area contributed by atoms with Gasteiger partial charge in [-0.1, -0.05) is 56.5 Å². The van der Waals surface area contributed by atoms with E-state index in [1.807, 2.05) is 24.3 Å². The molecule has 0 saturated heterocycles. The molecule has 0 amide bonds. The van der Waals surface area contributed by atoms with Crippen molar-refractivity contribution in [3.8, 4) is 10.4 Å². The third-order valence-corrected chi connectivity index (χ3v) is 4.92. The van der Waals surface area contributed by atoms with Gasteiger partial charge in [0.2, 0.25) is 0 Å². The fraction of sp³-hybridized carbons (Fsp3) is 0.333. The molecule has 0 unspecified atom stereocenters. The van der Waals surface area contributed by atoms with Crippen LogP contribution < -0.4 is 5.56 Å². The molecule has 3 aromatic rings. The van der Waals surface area contributed by atoms with E-state index in [4.69, 9.17) is 0 Å². The fourth-order valence-corrected chi connectivity index (χ4v) is 3.57. The minimum absolute atomic E-state index is 0.0833. The summed E-state index contributed by atoms with van der Waals surface area (Å²) < 4.78 is 1.75. The highest BCUT2D eigenvalue weighted by molar-refractivity contribution is 7.21. The van der Waals surface area contributed by atoms with Gasteiger partial charge < -0.3 is 0 Å². The Morgan fingerprint density at radius 2 is 1.95 bits per heavy atom. The Hall–Kier alpha value is -1.94. The molecule has 3 nitrogen and oxygen atoms in total. The summed E-state index contributed by atoms with van der Waals surface area (Å²) in [6.07, 6.45) is 6.33. The van der Waals surface area contributed by atoms with Gasteiger partial charge in [-0.3, -0.25) is 9.36 Å². The molecule has 0 aliphatic rings. The summed E-state index contributed by atoms with van der Waals surface area (Å²) in [5.41, 5.74) is 1.22. The molecule has 0 aliphatic heterocycles. The number of rotatable bonds is 6. The van der Waals surface area contributed by atoms with Crippen LogP contribution in [-0.2, 0) is 6.54 Å². The van der Waals surface area contributed by atoms with Crippen molar-refractivity contribution < 1.29 is 0 Å². The Morgan fingerprint density at radius 3 is 2.73 bits per heavy atom. The number of aryl methyl sites for hydroxylation is 1. The van der Waals surface area contributed by atoms with Crippen LogP contribution in [-0.4, -0.2) is 9.55 Å². The lowest BCUT2D eigenvalue weighted by atomic mass is 10.2. The Labute approximate surface area is 134 Å². The van der Waals surface area contributed by atoms with Gasteiger partial charge in [0, 0.05) is 11.4 Å². The monoisotopic (exact) mass is 312 g/mol. The molecular weight excluding hydrogens is 292 g/mol. The SMILES string of the molecule is CCCCCCn1cnc2sc(-c3ccccc3)cc2c1=O. The third kappa shape index (κ3) is 3.12. The fourth-order valence-electron chi connectivity index (χ4n) is 2.57. The largest absolute Gasteiger partial charge is 0.299 e. The lowest BCUT2D eigenvalue weighted by Gasteiger charge is -2.04. The van der Waals surface area contributed by atoms with Crippen molar-refractivity contribution in [2.75, 3.05) is 0 Å². The van der Waals surface area contributed by atoms with Crippen LogP contribution in [0.15, 0.2) is 47.5 Å². The molecule has 0 bridgehead atoms. The maximum Gasteiger partial charge on any atom is 0.262 e. The zero-order chi connectivity index (χ0) is 15.4. The zero-order valence-electron chi connectivity index (χ0n) is 12.8. The summed E-state index contributed by atoms with van der Waals surface area (Å²) in [5, 5.41) is 0.738. The maximum atomic E-state index is 12.6. The first-order valence-corrected chi connectivity index (χ1v) is 8.65. The predicted octanol–water partition coefficient (Wildman–Crippen LogP) is 4.71. The third-order valence-electron chi connectivity index (χ3n) is 3.83. The molecule has 0 fully saturated rings. The minimum atomic E-state index is 0.0833. The van der Waals surface area contributed by atoms with Gasteiger partial charge in [-0.15, -0.1) is 11.3 Å². The van der Waals surface area contributed by atoms with Crippen molar-refractivity contribution in [3.63, 3.8) is 0 Å². The standard InChI is InChI=1S/C18H20N2OS/c1-2-3-4-8-11-20-13-19-17-15(18(20)21)12-16(22-17)14-9-6-5-7-10-14/h5-7,9-10,12-13H,2-4,8,11H2,1H3. The quantitative estimate of drug-likeness (QED) is 0.618. The lowest BCUT2D eigenvalue weighted by molar-refractivity contribution is 0.568. The highest BCUT2D eigenvalue weighted by Crippen LogP contribution is 2.30. The zero-order valence-corrected chi connectivity index (χ0v) is 13.6. The molecule has 0 aliphatic carbocycles. The maximum absolute atomic E-state index is 12.6. The van der Waals surface area contributed by atoms with E-state index in [0.29, 0.717) is 0 Å². The van der Waals surface area contributed by atoms with Crippen LogP contribution >= 0.6 is 11.3 Å². The van der Waals surface area contributed by atoms with E-state index in [-0.39, 0.29) is 5.56 Å². The topological polar surface area (TPSA) is 34.9 Å². The van der Waals surface area contributed by atoms with Gasteiger partial charge in [-0.05, 0) is 18.1 Å². The number of unbranched alkanes of at least 4 members (excludes halogenated alkanes) is 3. The number of hydrogen-bond donors (Lipinski definition) is 0. The van der Waals surface area contributed by atoms with Crippen LogP contribution in [0, 0.1) is 0 Å². The van der Waals surface area contributed by atoms with Crippen LogP contribution in [0.1, 0.15) is 32.6 Å². The number of aromatic nitrogens is 2. The molecule has 4 heteroatoms. The molecule has 0 atom stereocenters. The second kappa shape index (κ2) is 6.88. The van der Waals surface area contributed by atoms with E-state index in [1.165, 1.54) is 19.3 Å². The second-order valence-electron chi connectivity index (χ2n) is 5.50. The summed E-state index contributed by atoms with van der Waals surface area (Å²) >= 11 is 1.58. The van der Waals surface area contributed by atoms with Gasteiger partial charge in [0.1, 0.15) is 4.83 Å². The molecular formula is C18H20N2OS. The summed E-state index contributed by atoms with van der Waals surface area (Å²) in [6.45, 7) is 2.95. The molecule has 2 aromatic heterocycles. The first-order chi connectivity index (χ1) is 10.8. The minimum Gasteiger partial charge on any atom is -0.299 e. The normalized spacial score (nSPS) is 11.1. The van der Waals surface area contributed by atoms with Crippen molar-refractivity contribution in [2.24, 2.45) is 0 Å². The van der Waals surface area contributed by atoms with E-state index in [0.717, 1.165) is 33.6 Å². The van der Waals surface area contributed by atoms with Gasteiger partial charge in [0.15, 0.2) is 0 Å². The van der Waals surface area contributed by atoms with Crippen molar-refractivity contribution in [1.82, 2.24) is 9.55 Å². The number of nitrogens with zero attached hydrogens (tertiary/aromatic N) is 2. The van der Waals surface area contributed by atoms with Gasteiger partial charge in [-0.2, -0.15) is 0 Å². The summed E-state index contributed by atoms with van der Waals surface area (Å²) in [5.74, 6) is 0. The molecule has 0 N–H and O–H groups in total.